The van der Waals surface area contributed by atoms with E-state index in [-0.39, 0.29) is 33.5 Å². The Morgan fingerprint density at radius 2 is 1.38 bits per heavy atom. The zero-order valence-electron chi connectivity index (χ0n) is 13.4. The van der Waals surface area contributed by atoms with Gasteiger partial charge in [0.05, 0.1) is 5.75 Å². The van der Waals surface area contributed by atoms with Crippen molar-refractivity contribution in [2.45, 2.75) is 0 Å². The van der Waals surface area contributed by atoms with Crippen molar-refractivity contribution >= 4 is 24.2 Å². The molecule has 6 heteroatoms. The summed E-state index contributed by atoms with van der Waals surface area (Å²) in [6.45, 7) is 0. The van der Waals surface area contributed by atoms with Gasteiger partial charge in [-0.15, -0.1) is 0 Å². The Kier molecular flexibility index (Phi) is 3.80. The van der Waals surface area contributed by atoms with Crippen LogP contribution < -0.4 is 15.2 Å². The van der Waals surface area contributed by atoms with Gasteiger partial charge in [-0.1, -0.05) is 60.3 Å². The highest BCUT2D eigenvalue weighted by molar-refractivity contribution is 6.61. The molecule has 0 spiro atoms. The van der Waals surface area contributed by atoms with Crippen LogP contribution in [0.1, 0.15) is 31.8 Å². The lowest BCUT2D eigenvalue weighted by molar-refractivity contribution is -0.270. The Bertz CT molecular complexity index is 1030. The van der Waals surface area contributed by atoms with E-state index in [1.807, 2.05) is 0 Å². The summed E-state index contributed by atoms with van der Waals surface area (Å²) in [5, 5.41) is 12.7. The van der Waals surface area contributed by atoms with Crippen LogP contribution in [0.2, 0.25) is 0 Å². The van der Waals surface area contributed by atoms with Crippen LogP contribution in [-0.2, 0) is 0 Å². The van der Waals surface area contributed by atoms with Crippen molar-refractivity contribution in [2.24, 2.45) is 0 Å². The third-order valence-corrected chi connectivity index (χ3v) is 4.30. The molecule has 26 heavy (non-hydrogen) atoms. The highest BCUT2D eigenvalue weighted by Gasteiger charge is 2.31. The van der Waals surface area contributed by atoms with Crippen molar-refractivity contribution in [2.75, 3.05) is 0 Å². The molecule has 1 aliphatic carbocycles. The minimum atomic E-state index is -1.86. The van der Waals surface area contributed by atoms with Crippen LogP contribution in [0.15, 0.2) is 66.7 Å². The summed E-state index contributed by atoms with van der Waals surface area (Å²) in [6.07, 6.45) is 0. The second kappa shape index (κ2) is 6.15. The molecule has 0 aliphatic heterocycles. The van der Waals surface area contributed by atoms with E-state index in [1.165, 1.54) is 30.3 Å². The molecular weight excluding hydrogens is 334 g/mol. The van der Waals surface area contributed by atoms with Crippen molar-refractivity contribution < 1.29 is 23.7 Å². The largest absolute Gasteiger partial charge is 0.869 e. The number of hydrogen-bond acceptors (Lipinski definition) is 4. The number of fused-ring (bicyclic) bond motifs is 2. The second-order valence-electron chi connectivity index (χ2n) is 5.86. The van der Waals surface area contributed by atoms with Gasteiger partial charge < -0.3 is 9.76 Å². The third kappa shape index (κ3) is 2.47. The lowest BCUT2D eigenvalue weighted by Gasteiger charge is -2.25. The van der Waals surface area contributed by atoms with Crippen molar-refractivity contribution in [3.63, 3.8) is 0 Å². The molecule has 1 aliphatic rings. The van der Waals surface area contributed by atoms with E-state index in [2.05, 4.69) is 0 Å². The Morgan fingerprint density at radius 3 is 2.08 bits per heavy atom. The van der Waals surface area contributed by atoms with Crippen LogP contribution in [0.5, 0.6) is 11.5 Å². The smallest absolute Gasteiger partial charge is 0.601 e. The first-order valence-corrected chi connectivity index (χ1v) is 7.96. The SMILES string of the molecule is O=C1c2ccccc2C(=O)c2c1ccc(OB(F)c1ccccc1)c2[O-]. The molecule has 0 atom stereocenters. The van der Waals surface area contributed by atoms with E-state index < -0.39 is 24.5 Å². The average molecular weight is 345 g/mol. The first kappa shape index (κ1) is 16.1. The number of hydrogen-bond donors (Lipinski definition) is 0. The van der Waals surface area contributed by atoms with Gasteiger partial charge in [-0.25, -0.2) is 0 Å². The summed E-state index contributed by atoms with van der Waals surface area (Å²) >= 11 is 0. The molecule has 126 valence electrons. The van der Waals surface area contributed by atoms with E-state index in [0.717, 1.165) is 0 Å². The van der Waals surface area contributed by atoms with Gasteiger partial charge >= 0.3 is 7.19 Å². The minimum Gasteiger partial charge on any atom is -0.869 e. The topological polar surface area (TPSA) is 66.4 Å². The maximum absolute atomic E-state index is 14.3. The quantitative estimate of drug-likeness (QED) is 0.535. The van der Waals surface area contributed by atoms with Gasteiger partial charge in [-0.2, -0.15) is 0 Å². The molecule has 3 aromatic rings. The third-order valence-electron chi connectivity index (χ3n) is 4.30. The molecule has 0 fully saturated rings. The maximum Gasteiger partial charge on any atom is 0.601 e. The first-order valence-electron chi connectivity index (χ1n) is 7.96. The number of carbonyl (C=O) groups excluding carboxylic acids is 2. The molecule has 0 heterocycles. The molecule has 0 saturated carbocycles. The maximum atomic E-state index is 14.3. The fourth-order valence-corrected chi connectivity index (χ4v) is 3.01. The Balaban J connectivity index is 1.75. The Morgan fingerprint density at radius 1 is 0.769 bits per heavy atom. The van der Waals surface area contributed by atoms with Crippen molar-refractivity contribution in [1.29, 1.82) is 0 Å². The number of halogens is 1. The molecule has 0 aromatic heterocycles. The van der Waals surface area contributed by atoms with Crippen molar-refractivity contribution in [1.82, 2.24) is 0 Å². The number of rotatable bonds is 3. The van der Waals surface area contributed by atoms with Gasteiger partial charge in [-0.3, -0.25) is 13.9 Å². The van der Waals surface area contributed by atoms with Gasteiger partial charge in [-0.05, 0) is 12.1 Å². The van der Waals surface area contributed by atoms with E-state index >= 15 is 0 Å². The fraction of sp³-hybridized carbons (Fsp3) is 0. The van der Waals surface area contributed by atoms with E-state index in [1.54, 1.807) is 36.4 Å². The summed E-state index contributed by atoms with van der Waals surface area (Å²) in [7, 11) is -1.86. The lowest BCUT2D eigenvalue weighted by atomic mass is 9.81. The van der Waals surface area contributed by atoms with Gasteiger partial charge in [0.2, 0.25) is 0 Å². The molecular formula is C20H11BFO4-. The van der Waals surface area contributed by atoms with E-state index in [4.69, 9.17) is 4.65 Å². The van der Waals surface area contributed by atoms with Gasteiger partial charge in [0.25, 0.3) is 0 Å². The standard InChI is InChI=1S/C20H12BFO4/c22-21(12-6-2-1-3-7-12)26-16-11-10-15-17(20(16)25)19(24)14-9-5-4-8-13(14)18(15)23/h1-11,25H/p-1. The van der Waals surface area contributed by atoms with Crippen LogP contribution >= 0.6 is 0 Å². The van der Waals surface area contributed by atoms with Crippen LogP contribution in [-0.4, -0.2) is 18.8 Å². The zero-order chi connectivity index (χ0) is 18.3. The van der Waals surface area contributed by atoms with Gasteiger partial charge in [0.1, 0.15) is 0 Å². The van der Waals surface area contributed by atoms with E-state index in [9.17, 15) is 19.0 Å². The predicted molar refractivity (Wildman–Crippen MR) is 92.8 cm³/mol. The van der Waals surface area contributed by atoms with Gasteiger partial charge in [0, 0.05) is 27.7 Å². The molecule has 4 rings (SSSR count). The molecule has 0 saturated heterocycles. The summed E-state index contributed by atoms with van der Waals surface area (Å²) in [5.74, 6) is -2.05. The zero-order valence-corrected chi connectivity index (χ0v) is 13.4. The summed E-state index contributed by atoms with van der Waals surface area (Å²) in [5.41, 5.74) is 0.412. The van der Waals surface area contributed by atoms with Crippen molar-refractivity contribution in [3.8, 4) is 11.5 Å². The minimum absolute atomic E-state index is 0.0150. The summed E-state index contributed by atoms with van der Waals surface area (Å²) < 4.78 is 19.5. The molecule has 0 radical (unpaired) electrons. The summed E-state index contributed by atoms with van der Waals surface area (Å²) in [4.78, 5) is 25.2. The highest BCUT2D eigenvalue weighted by Crippen LogP contribution is 2.37. The highest BCUT2D eigenvalue weighted by atomic mass is 19.1. The molecule has 0 unspecified atom stereocenters. The molecule has 0 bridgehead atoms. The normalized spacial score (nSPS) is 12.3. The van der Waals surface area contributed by atoms with Crippen LogP contribution in [0.4, 0.5) is 4.32 Å². The number of carbonyl (C=O) groups is 2. The second-order valence-corrected chi connectivity index (χ2v) is 5.86. The van der Waals surface area contributed by atoms with Crippen LogP contribution in [0.3, 0.4) is 0 Å². The lowest BCUT2D eigenvalue weighted by Crippen LogP contribution is -2.32. The number of ketones is 2. The Labute approximate surface area is 149 Å². The first-order chi connectivity index (χ1) is 12.6. The fourth-order valence-electron chi connectivity index (χ4n) is 3.01. The molecule has 4 nitrogen and oxygen atoms in total. The monoisotopic (exact) mass is 345 g/mol. The van der Waals surface area contributed by atoms with Crippen molar-refractivity contribution in [3.05, 3.63) is 89.0 Å². The molecule has 0 N–H and O–H groups in total. The average Bonchev–Trinajstić information content (AvgIpc) is 2.68. The van der Waals surface area contributed by atoms with Crippen LogP contribution in [0, 0.1) is 0 Å². The van der Waals surface area contributed by atoms with Crippen LogP contribution in [0.25, 0.3) is 0 Å². The predicted octanol–water partition coefficient (Wildman–Crippen LogP) is 2.28. The Hall–Kier alpha value is -3.41. The molecule has 0 amide bonds. The molecule has 3 aromatic carbocycles. The number of benzene rings is 3. The van der Waals surface area contributed by atoms with E-state index in [0.29, 0.717) is 0 Å². The summed E-state index contributed by atoms with van der Waals surface area (Å²) in [6, 6.07) is 17.0. The van der Waals surface area contributed by atoms with Gasteiger partial charge in [0.15, 0.2) is 11.6 Å².